The van der Waals surface area contributed by atoms with E-state index in [1.165, 1.54) is 32.1 Å². The predicted molar refractivity (Wildman–Crippen MR) is 73.2 cm³/mol. The zero-order chi connectivity index (χ0) is 13.0. The minimum atomic E-state index is -0.123. The Hall–Kier alpha value is -0.810. The van der Waals surface area contributed by atoms with E-state index in [1.54, 1.807) is 0 Å². The highest BCUT2D eigenvalue weighted by Crippen LogP contribution is 2.21. The van der Waals surface area contributed by atoms with Crippen LogP contribution in [0.2, 0.25) is 0 Å². The smallest absolute Gasteiger partial charge is 0.208 e. The van der Waals surface area contributed by atoms with Gasteiger partial charge in [-0.15, -0.1) is 0 Å². The summed E-state index contributed by atoms with van der Waals surface area (Å²) in [6.07, 6.45) is 6.32. The van der Waals surface area contributed by atoms with Gasteiger partial charge in [0.05, 0.1) is 18.2 Å². The molecule has 104 valence electrons. The molecule has 0 spiro atoms. The number of morpholine rings is 1. The molecular weight excluding hydrogens is 228 g/mol. The maximum atomic E-state index is 5.71. The Balaban J connectivity index is 2.00. The molecule has 0 atom stereocenters. The van der Waals surface area contributed by atoms with Crippen LogP contribution in [0.3, 0.4) is 0 Å². The largest absolute Gasteiger partial charge is 0.372 e. The van der Waals surface area contributed by atoms with E-state index in [0.29, 0.717) is 6.04 Å². The van der Waals surface area contributed by atoms with Gasteiger partial charge in [0.2, 0.25) is 5.96 Å². The third-order valence-corrected chi connectivity index (χ3v) is 3.73. The van der Waals surface area contributed by atoms with Gasteiger partial charge in [-0.3, -0.25) is 5.43 Å². The molecule has 5 nitrogen and oxygen atoms in total. The van der Waals surface area contributed by atoms with Gasteiger partial charge in [0, 0.05) is 13.1 Å². The van der Waals surface area contributed by atoms with Gasteiger partial charge in [0.15, 0.2) is 0 Å². The maximum absolute atomic E-state index is 5.71. The van der Waals surface area contributed by atoms with Crippen LogP contribution in [-0.4, -0.2) is 42.2 Å². The predicted octanol–water partition coefficient (Wildman–Crippen LogP) is 1.25. The summed E-state index contributed by atoms with van der Waals surface area (Å²) in [7, 11) is 0. The van der Waals surface area contributed by atoms with E-state index in [-0.39, 0.29) is 5.60 Å². The van der Waals surface area contributed by atoms with E-state index >= 15 is 0 Å². The molecule has 0 aromatic rings. The van der Waals surface area contributed by atoms with E-state index in [9.17, 15) is 0 Å². The molecule has 5 heteroatoms. The van der Waals surface area contributed by atoms with Crippen molar-refractivity contribution >= 4 is 5.96 Å². The van der Waals surface area contributed by atoms with Gasteiger partial charge in [-0.1, -0.05) is 19.3 Å². The Morgan fingerprint density at radius 2 is 2.06 bits per heavy atom. The second kappa shape index (κ2) is 5.89. The summed E-state index contributed by atoms with van der Waals surface area (Å²) in [4.78, 5) is 7.00. The lowest BCUT2D eigenvalue weighted by Crippen LogP contribution is -2.55. The van der Waals surface area contributed by atoms with Crippen molar-refractivity contribution in [1.82, 2.24) is 10.3 Å². The van der Waals surface area contributed by atoms with Crippen molar-refractivity contribution in [2.75, 3.05) is 19.7 Å². The van der Waals surface area contributed by atoms with Crippen molar-refractivity contribution in [3.05, 3.63) is 0 Å². The molecule has 1 aliphatic heterocycles. The van der Waals surface area contributed by atoms with Crippen LogP contribution in [-0.2, 0) is 4.74 Å². The summed E-state index contributed by atoms with van der Waals surface area (Å²) in [5.41, 5.74) is 2.65. The molecule has 1 saturated heterocycles. The summed E-state index contributed by atoms with van der Waals surface area (Å²) in [6, 6.07) is 0.441. The number of nitrogens with one attached hydrogen (secondary N) is 1. The van der Waals surface area contributed by atoms with Crippen molar-refractivity contribution in [3.8, 4) is 0 Å². The normalized spacial score (nSPS) is 26.2. The molecule has 1 saturated carbocycles. The number of hydrogen-bond donors (Lipinski definition) is 2. The van der Waals surface area contributed by atoms with Gasteiger partial charge in [-0.05, 0) is 26.7 Å². The number of rotatable bonds is 1. The number of ether oxygens (including phenoxy) is 1. The molecule has 0 aromatic carbocycles. The van der Waals surface area contributed by atoms with Crippen molar-refractivity contribution < 1.29 is 4.74 Å². The third kappa shape index (κ3) is 3.59. The highest BCUT2D eigenvalue weighted by atomic mass is 16.5. The highest BCUT2D eigenvalue weighted by molar-refractivity contribution is 5.79. The first-order valence-corrected chi connectivity index (χ1v) is 7.04. The topological polar surface area (TPSA) is 62.9 Å². The molecule has 0 amide bonds. The Bertz CT molecular complexity index is 297. The number of guanidine groups is 1. The molecule has 1 aliphatic carbocycles. The summed E-state index contributed by atoms with van der Waals surface area (Å²) in [5, 5.41) is 0. The average molecular weight is 254 g/mol. The quantitative estimate of drug-likeness (QED) is 0.320. The van der Waals surface area contributed by atoms with Gasteiger partial charge >= 0.3 is 0 Å². The van der Waals surface area contributed by atoms with Crippen LogP contribution in [0.4, 0.5) is 0 Å². The van der Waals surface area contributed by atoms with Crippen LogP contribution < -0.4 is 11.3 Å². The van der Waals surface area contributed by atoms with Crippen molar-refractivity contribution in [2.45, 2.75) is 57.6 Å². The molecule has 0 radical (unpaired) electrons. The molecule has 18 heavy (non-hydrogen) atoms. The fraction of sp³-hybridized carbons (Fsp3) is 0.923. The van der Waals surface area contributed by atoms with Gasteiger partial charge in [-0.2, -0.15) is 0 Å². The van der Waals surface area contributed by atoms with E-state index in [1.807, 2.05) is 0 Å². The van der Waals surface area contributed by atoms with Crippen LogP contribution >= 0.6 is 0 Å². The highest BCUT2D eigenvalue weighted by Gasteiger charge is 2.29. The van der Waals surface area contributed by atoms with Gasteiger partial charge in [0.25, 0.3) is 0 Å². The maximum Gasteiger partial charge on any atom is 0.208 e. The van der Waals surface area contributed by atoms with Gasteiger partial charge < -0.3 is 9.64 Å². The first-order valence-electron chi connectivity index (χ1n) is 7.04. The monoisotopic (exact) mass is 254 g/mol. The van der Waals surface area contributed by atoms with Crippen LogP contribution in [0.25, 0.3) is 0 Å². The first-order chi connectivity index (χ1) is 8.61. The fourth-order valence-corrected chi connectivity index (χ4v) is 2.79. The molecule has 1 heterocycles. The molecule has 2 fully saturated rings. The van der Waals surface area contributed by atoms with E-state index in [4.69, 9.17) is 15.6 Å². The Morgan fingerprint density at radius 3 is 2.67 bits per heavy atom. The lowest BCUT2D eigenvalue weighted by molar-refractivity contribution is -0.0686. The molecule has 2 aliphatic rings. The number of hydrogen-bond acceptors (Lipinski definition) is 3. The van der Waals surface area contributed by atoms with E-state index in [0.717, 1.165) is 25.7 Å². The molecule has 3 N–H and O–H groups in total. The zero-order valence-electron chi connectivity index (χ0n) is 11.6. The fourth-order valence-electron chi connectivity index (χ4n) is 2.79. The Kier molecular flexibility index (Phi) is 4.45. The standard InChI is InChI=1S/C13H26N4O/c1-13(2)10-17(8-9-18-13)12(16-14)15-11-6-4-3-5-7-11/h11H,3-10,14H2,1-2H3,(H,15,16). The molecule has 2 rings (SSSR count). The lowest BCUT2D eigenvalue weighted by Gasteiger charge is -2.39. The minimum Gasteiger partial charge on any atom is -0.372 e. The average Bonchev–Trinajstić information content (AvgIpc) is 2.36. The van der Waals surface area contributed by atoms with Gasteiger partial charge in [-0.25, -0.2) is 10.8 Å². The second-order valence-electron chi connectivity index (χ2n) is 5.92. The van der Waals surface area contributed by atoms with Crippen molar-refractivity contribution in [1.29, 1.82) is 0 Å². The summed E-state index contributed by atoms with van der Waals surface area (Å²) < 4.78 is 5.71. The van der Waals surface area contributed by atoms with Crippen LogP contribution in [0, 0.1) is 0 Å². The summed E-state index contributed by atoms with van der Waals surface area (Å²) >= 11 is 0. The molecule has 0 bridgehead atoms. The Labute approximate surface area is 110 Å². The third-order valence-electron chi connectivity index (χ3n) is 3.73. The number of nitrogens with zero attached hydrogens (tertiary/aromatic N) is 2. The number of nitrogens with two attached hydrogens (primary N) is 1. The van der Waals surface area contributed by atoms with Crippen LogP contribution in [0.15, 0.2) is 4.99 Å². The first kappa shape index (κ1) is 13.6. The SMILES string of the molecule is CC1(C)CN(C(=NC2CCCCC2)NN)CCO1. The summed E-state index contributed by atoms with van der Waals surface area (Å²) in [5.74, 6) is 6.48. The molecular formula is C13H26N4O. The molecule has 0 unspecified atom stereocenters. The van der Waals surface area contributed by atoms with Crippen molar-refractivity contribution in [3.63, 3.8) is 0 Å². The molecule has 0 aromatic heterocycles. The zero-order valence-corrected chi connectivity index (χ0v) is 11.6. The number of aliphatic imine (C=N–C) groups is 1. The van der Waals surface area contributed by atoms with E-state index in [2.05, 4.69) is 24.2 Å². The van der Waals surface area contributed by atoms with Crippen LogP contribution in [0.1, 0.15) is 46.0 Å². The number of hydrazine groups is 1. The lowest BCUT2D eigenvalue weighted by atomic mass is 9.96. The van der Waals surface area contributed by atoms with Crippen molar-refractivity contribution in [2.24, 2.45) is 10.8 Å². The van der Waals surface area contributed by atoms with Gasteiger partial charge in [0.1, 0.15) is 0 Å². The second-order valence-corrected chi connectivity index (χ2v) is 5.92. The van der Waals surface area contributed by atoms with Crippen LogP contribution in [0.5, 0.6) is 0 Å². The minimum absolute atomic E-state index is 0.123. The summed E-state index contributed by atoms with van der Waals surface area (Å²) in [6.45, 7) is 6.64. The van der Waals surface area contributed by atoms with E-state index < -0.39 is 0 Å². The Morgan fingerprint density at radius 1 is 1.33 bits per heavy atom.